The molecule has 1 nitrogen and oxygen atoms in total. The van der Waals surface area contributed by atoms with Crippen molar-refractivity contribution < 1.29 is 5.11 Å². The van der Waals surface area contributed by atoms with Gasteiger partial charge in [0.2, 0.25) is 0 Å². The largest absolute Gasteiger partial charge is 0.222 e. The highest BCUT2D eigenvalue weighted by molar-refractivity contribution is 8.00. The highest BCUT2D eigenvalue weighted by Gasteiger charge is 2.13. The Morgan fingerprint density at radius 1 is 1.38 bits per heavy atom. The number of hydrogen-bond donors (Lipinski definition) is 0. The van der Waals surface area contributed by atoms with Crippen molar-refractivity contribution in [2.45, 2.75) is 37.9 Å². The highest BCUT2D eigenvalue weighted by atomic mass is 32.2. The summed E-state index contributed by atoms with van der Waals surface area (Å²) in [4.78, 5) is 0. The lowest BCUT2D eigenvalue weighted by Crippen LogP contribution is -2.11. The number of thioether (sulfide) groups is 1. The quantitative estimate of drug-likeness (QED) is 0.502. The van der Waals surface area contributed by atoms with Gasteiger partial charge < -0.3 is 0 Å². The van der Waals surface area contributed by atoms with Crippen molar-refractivity contribution in [2.75, 3.05) is 0 Å². The van der Waals surface area contributed by atoms with Gasteiger partial charge in [-0.05, 0) is 6.92 Å². The van der Waals surface area contributed by atoms with Crippen molar-refractivity contribution in [1.29, 1.82) is 0 Å². The molecule has 0 aromatic heterocycles. The van der Waals surface area contributed by atoms with Gasteiger partial charge in [0, 0.05) is 4.75 Å². The number of rotatable bonds is 1. The summed E-state index contributed by atoms with van der Waals surface area (Å²) in [6.45, 7) is 7.82. The van der Waals surface area contributed by atoms with E-state index in [1.807, 2.05) is 20.8 Å². The molecule has 8 heavy (non-hydrogen) atoms. The molecule has 1 atom stereocenters. The smallest absolute Gasteiger partial charge is 0.136 e. The fraction of sp³-hybridized carbons (Fsp3) is 1.00. The van der Waals surface area contributed by atoms with Crippen LogP contribution < -0.4 is 0 Å². The monoisotopic (exact) mass is 133 g/mol. The molecule has 0 aliphatic rings. The molecule has 0 bridgehead atoms. The third-order valence-corrected chi connectivity index (χ3v) is 1.56. The Kier molecular flexibility index (Phi) is 2.84. The molecule has 0 aliphatic heterocycles. The van der Waals surface area contributed by atoms with Crippen LogP contribution in [0.25, 0.3) is 0 Å². The van der Waals surface area contributed by atoms with Crippen LogP contribution in [-0.2, 0) is 5.11 Å². The molecule has 0 aromatic rings. The molecule has 0 aromatic carbocycles. The topological polar surface area (TPSA) is 19.9 Å². The summed E-state index contributed by atoms with van der Waals surface area (Å²) in [5, 5.41) is 10.5. The van der Waals surface area contributed by atoms with E-state index in [0.29, 0.717) is 0 Å². The first-order valence-corrected chi connectivity index (χ1v) is 3.63. The fourth-order valence-corrected chi connectivity index (χ4v) is 1.49. The third kappa shape index (κ3) is 6.31. The van der Waals surface area contributed by atoms with Crippen molar-refractivity contribution in [1.82, 2.24) is 0 Å². The van der Waals surface area contributed by atoms with Crippen molar-refractivity contribution in [3.8, 4) is 0 Å². The minimum Gasteiger partial charge on any atom is -0.222 e. The first kappa shape index (κ1) is 8.31. The Morgan fingerprint density at radius 3 is 1.75 bits per heavy atom. The molecule has 2 heteroatoms. The SMILES string of the molecule is CC([O])SC(C)(C)C. The average Bonchev–Trinajstić information content (AvgIpc) is 1.21. The molecule has 0 heterocycles. The first-order chi connectivity index (χ1) is 3.42. The van der Waals surface area contributed by atoms with Crippen LogP contribution in [0.3, 0.4) is 0 Å². The molecule has 0 aliphatic carbocycles. The predicted octanol–water partition coefficient (Wildman–Crippen LogP) is 2.29. The Balaban J connectivity index is 3.39. The van der Waals surface area contributed by atoms with Crippen LogP contribution in [-0.4, -0.2) is 10.2 Å². The lowest BCUT2D eigenvalue weighted by Gasteiger charge is -2.17. The van der Waals surface area contributed by atoms with Gasteiger partial charge in [-0.3, -0.25) is 0 Å². The maximum Gasteiger partial charge on any atom is 0.136 e. The van der Waals surface area contributed by atoms with E-state index in [-0.39, 0.29) is 4.75 Å². The maximum atomic E-state index is 10.5. The zero-order chi connectivity index (χ0) is 6.78. The summed E-state index contributed by atoms with van der Waals surface area (Å²) in [6.07, 6.45) is 0. The van der Waals surface area contributed by atoms with Gasteiger partial charge in [-0.25, -0.2) is 5.11 Å². The predicted molar refractivity (Wildman–Crippen MR) is 37.5 cm³/mol. The first-order valence-electron chi connectivity index (χ1n) is 2.75. The van der Waals surface area contributed by atoms with E-state index < -0.39 is 5.44 Å². The van der Waals surface area contributed by atoms with E-state index in [0.717, 1.165) is 0 Å². The van der Waals surface area contributed by atoms with Gasteiger partial charge in [-0.1, -0.05) is 20.8 Å². The summed E-state index contributed by atoms with van der Waals surface area (Å²) < 4.78 is 0.126. The molecular weight excluding hydrogens is 120 g/mol. The second-order valence-electron chi connectivity index (χ2n) is 2.80. The van der Waals surface area contributed by atoms with Crippen LogP contribution in [0.2, 0.25) is 0 Å². The van der Waals surface area contributed by atoms with Gasteiger partial charge in [0.05, 0.1) is 0 Å². The van der Waals surface area contributed by atoms with Gasteiger partial charge in [-0.2, -0.15) is 0 Å². The average molecular weight is 133 g/mol. The molecule has 0 amide bonds. The van der Waals surface area contributed by atoms with Gasteiger partial charge in [0.1, 0.15) is 5.44 Å². The van der Waals surface area contributed by atoms with Crippen LogP contribution >= 0.6 is 11.8 Å². The molecule has 0 spiro atoms. The summed E-state index contributed by atoms with van der Waals surface area (Å²) >= 11 is 1.46. The van der Waals surface area contributed by atoms with Crippen LogP contribution in [0.15, 0.2) is 0 Å². The fourth-order valence-electron chi connectivity index (χ4n) is 0.498. The summed E-state index contributed by atoms with van der Waals surface area (Å²) in [5.74, 6) is 0. The van der Waals surface area contributed by atoms with E-state index in [1.54, 1.807) is 6.92 Å². The van der Waals surface area contributed by atoms with E-state index >= 15 is 0 Å². The molecular formula is C6H13OS. The van der Waals surface area contributed by atoms with Gasteiger partial charge >= 0.3 is 0 Å². The van der Waals surface area contributed by atoms with E-state index in [4.69, 9.17) is 0 Å². The van der Waals surface area contributed by atoms with Gasteiger partial charge in [0.15, 0.2) is 0 Å². The molecule has 0 fully saturated rings. The van der Waals surface area contributed by atoms with Crippen LogP contribution in [0.1, 0.15) is 27.7 Å². The second-order valence-corrected chi connectivity index (χ2v) is 4.92. The number of hydrogen-bond acceptors (Lipinski definition) is 1. The molecule has 0 saturated carbocycles. The molecule has 0 rings (SSSR count). The zero-order valence-corrected chi connectivity index (χ0v) is 6.71. The van der Waals surface area contributed by atoms with Crippen LogP contribution in [0, 0.1) is 0 Å². The standard InChI is InChI=1S/C6H13OS/c1-5(7)8-6(2,3)4/h5H,1-4H3. The Bertz CT molecular complexity index is 63.4. The molecule has 0 N–H and O–H groups in total. The maximum absolute atomic E-state index is 10.5. The van der Waals surface area contributed by atoms with Crippen LogP contribution in [0.4, 0.5) is 0 Å². The van der Waals surface area contributed by atoms with E-state index in [2.05, 4.69) is 0 Å². The van der Waals surface area contributed by atoms with Gasteiger partial charge in [0.25, 0.3) is 0 Å². The second kappa shape index (κ2) is 2.74. The Hall–Kier alpha value is 0.310. The Labute approximate surface area is 55.5 Å². The Morgan fingerprint density at radius 2 is 1.75 bits per heavy atom. The zero-order valence-electron chi connectivity index (χ0n) is 5.89. The summed E-state index contributed by atoms with van der Waals surface area (Å²) in [5.41, 5.74) is -0.491. The minimum atomic E-state index is -0.491. The van der Waals surface area contributed by atoms with E-state index in [9.17, 15) is 5.11 Å². The lowest BCUT2D eigenvalue weighted by atomic mass is 10.3. The lowest BCUT2D eigenvalue weighted by molar-refractivity contribution is 0.180. The molecule has 0 saturated heterocycles. The van der Waals surface area contributed by atoms with Gasteiger partial charge in [-0.15, -0.1) is 11.8 Å². The molecule has 1 radical (unpaired) electrons. The highest BCUT2D eigenvalue weighted by Crippen LogP contribution is 2.26. The molecule has 49 valence electrons. The van der Waals surface area contributed by atoms with Crippen molar-refractivity contribution >= 4 is 11.8 Å². The van der Waals surface area contributed by atoms with Crippen molar-refractivity contribution in [3.05, 3.63) is 0 Å². The third-order valence-electron chi connectivity index (χ3n) is 0.520. The van der Waals surface area contributed by atoms with Crippen molar-refractivity contribution in [2.24, 2.45) is 0 Å². The van der Waals surface area contributed by atoms with Crippen molar-refractivity contribution in [3.63, 3.8) is 0 Å². The minimum absolute atomic E-state index is 0.126. The van der Waals surface area contributed by atoms with E-state index in [1.165, 1.54) is 11.8 Å². The summed E-state index contributed by atoms with van der Waals surface area (Å²) in [6, 6.07) is 0. The van der Waals surface area contributed by atoms with Crippen LogP contribution in [0.5, 0.6) is 0 Å². The normalized spacial score (nSPS) is 16.1. The molecule has 1 unspecified atom stereocenters. The summed E-state index contributed by atoms with van der Waals surface area (Å²) in [7, 11) is 0.